The molecule has 29 heavy (non-hydrogen) atoms. The van der Waals surface area contributed by atoms with Crippen LogP contribution in [0.3, 0.4) is 0 Å². The Bertz CT molecular complexity index is 1000. The fourth-order valence-corrected chi connectivity index (χ4v) is 2.95. The minimum absolute atomic E-state index is 0.285. The third kappa shape index (κ3) is 4.82. The van der Waals surface area contributed by atoms with E-state index in [2.05, 4.69) is 20.6 Å². The second-order valence-corrected chi connectivity index (χ2v) is 6.55. The molecule has 7 heteroatoms. The number of carbonyl (C=O) groups is 1. The summed E-state index contributed by atoms with van der Waals surface area (Å²) >= 11 is 0. The van der Waals surface area contributed by atoms with Crippen molar-refractivity contribution in [3.8, 4) is 11.5 Å². The lowest BCUT2D eigenvalue weighted by Gasteiger charge is -2.12. The average Bonchev–Trinajstić information content (AvgIpc) is 2.74. The molecule has 2 aromatic carbocycles. The molecule has 0 aliphatic heterocycles. The molecule has 0 atom stereocenters. The molecule has 0 saturated heterocycles. The Morgan fingerprint density at radius 1 is 0.966 bits per heavy atom. The lowest BCUT2D eigenvalue weighted by atomic mass is 10.1. The maximum absolute atomic E-state index is 12.5. The van der Waals surface area contributed by atoms with Crippen LogP contribution < -0.4 is 20.1 Å². The van der Waals surface area contributed by atoms with Crippen LogP contribution in [0, 0.1) is 13.8 Å². The number of hydrogen-bond acceptors (Lipinski definition) is 6. The summed E-state index contributed by atoms with van der Waals surface area (Å²) in [6, 6.07) is 13.2. The molecule has 0 saturated carbocycles. The van der Waals surface area contributed by atoms with Gasteiger partial charge in [-0.05, 0) is 42.7 Å². The van der Waals surface area contributed by atoms with Gasteiger partial charge < -0.3 is 20.1 Å². The second-order valence-electron chi connectivity index (χ2n) is 6.55. The predicted octanol–water partition coefficient (Wildman–Crippen LogP) is 3.78. The van der Waals surface area contributed by atoms with Crippen LogP contribution in [-0.2, 0) is 6.54 Å². The quantitative estimate of drug-likeness (QED) is 0.636. The molecule has 1 heterocycles. The molecular weight excluding hydrogens is 368 g/mol. The van der Waals surface area contributed by atoms with Crippen LogP contribution in [-0.4, -0.2) is 30.1 Å². The van der Waals surface area contributed by atoms with E-state index >= 15 is 0 Å². The molecule has 150 valence electrons. The van der Waals surface area contributed by atoms with Gasteiger partial charge in [0.2, 0.25) is 0 Å². The fourth-order valence-electron chi connectivity index (χ4n) is 2.95. The fraction of sp³-hybridized carbons (Fsp3) is 0.227. The lowest BCUT2D eigenvalue weighted by Crippen LogP contribution is -2.24. The molecule has 7 nitrogen and oxygen atoms in total. The van der Waals surface area contributed by atoms with Crippen molar-refractivity contribution in [1.29, 1.82) is 0 Å². The van der Waals surface area contributed by atoms with Crippen LogP contribution in [0.4, 0.5) is 11.5 Å². The molecule has 0 spiro atoms. The van der Waals surface area contributed by atoms with E-state index < -0.39 is 0 Å². The zero-order chi connectivity index (χ0) is 20.8. The largest absolute Gasteiger partial charge is 0.493 e. The number of anilines is 2. The zero-order valence-electron chi connectivity index (χ0n) is 16.9. The SMILES string of the molecule is COc1ccc(CNC(=O)c2cc(Nc3c(C)cccc3C)ncn2)cc1OC. The number of nitrogens with one attached hydrogen (secondary N) is 2. The molecule has 1 aromatic heterocycles. The van der Waals surface area contributed by atoms with Gasteiger partial charge in [0.1, 0.15) is 17.8 Å². The molecule has 0 aliphatic carbocycles. The maximum Gasteiger partial charge on any atom is 0.270 e. The highest BCUT2D eigenvalue weighted by molar-refractivity contribution is 5.93. The summed E-state index contributed by atoms with van der Waals surface area (Å²) in [5, 5.41) is 6.14. The molecule has 0 unspecified atom stereocenters. The number of methoxy groups -OCH3 is 2. The smallest absolute Gasteiger partial charge is 0.270 e. The molecule has 2 N–H and O–H groups in total. The summed E-state index contributed by atoms with van der Waals surface area (Å²) in [4.78, 5) is 20.9. The molecule has 1 amide bonds. The molecule has 0 aliphatic rings. The van der Waals surface area contributed by atoms with Crippen molar-refractivity contribution in [1.82, 2.24) is 15.3 Å². The van der Waals surface area contributed by atoms with Crippen molar-refractivity contribution >= 4 is 17.4 Å². The number of aromatic nitrogens is 2. The van der Waals surface area contributed by atoms with Gasteiger partial charge in [-0.1, -0.05) is 24.3 Å². The van der Waals surface area contributed by atoms with Gasteiger partial charge in [-0.3, -0.25) is 4.79 Å². The maximum atomic E-state index is 12.5. The van der Waals surface area contributed by atoms with Gasteiger partial charge in [-0.15, -0.1) is 0 Å². The highest BCUT2D eigenvalue weighted by atomic mass is 16.5. The molecule has 0 radical (unpaired) electrons. The van der Waals surface area contributed by atoms with Gasteiger partial charge in [-0.25, -0.2) is 9.97 Å². The summed E-state index contributed by atoms with van der Waals surface area (Å²) in [7, 11) is 3.16. The average molecular weight is 392 g/mol. The number of nitrogens with zero attached hydrogens (tertiary/aromatic N) is 2. The van der Waals surface area contributed by atoms with Gasteiger partial charge in [0.25, 0.3) is 5.91 Å². The standard InChI is InChI=1S/C22H24N4O3/c1-14-6-5-7-15(2)21(14)26-20-11-17(24-13-25-20)22(27)23-12-16-8-9-18(28-3)19(10-16)29-4/h5-11,13H,12H2,1-4H3,(H,23,27)(H,24,25,26). The summed E-state index contributed by atoms with van der Waals surface area (Å²) < 4.78 is 10.5. The third-order valence-corrected chi connectivity index (χ3v) is 4.53. The van der Waals surface area contributed by atoms with Crippen molar-refractivity contribution in [2.24, 2.45) is 0 Å². The van der Waals surface area contributed by atoms with E-state index in [1.54, 1.807) is 26.4 Å². The first kappa shape index (κ1) is 20.1. The molecule has 3 aromatic rings. The zero-order valence-corrected chi connectivity index (χ0v) is 16.9. The van der Waals surface area contributed by atoms with Crippen LogP contribution in [0.15, 0.2) is 48.8 Å². The Kier molecular flexibility index (Phi) is 6.29. The van der Waals surface area contributed by atoms with Gasteiger partial charge in [-0.2, -0.15) is 0 Å². The first-order valence-corrected chi connectivity index (χ1v) is 9.16. The number of aryl methyl sites for hydroxylation is 2. The number of carbonyl (C=O) groups excluding carboxylic acids is 1. The Morgan fingerprint density at radius 3 is 2.38 bits per heavy atom. The highest BCUT2D eigenvalue weighted by Gasteiger charge is 2.11. The van der Waals surface area contributed by atoms with Gasteiger partial charge >= 0.3 is 0 Å². The molecular formula is C22H24N4O3. The first-order chi connectivity index (χ1) is 14.0. The summed E-state index contributed by atoms with van der Waals surface area (Å²) in [6.07, 6.45) is 1.38. The Hall–Kier alpha value is -3.61. The summed E-state index contributed by atoms with van der Waals surface area (Å²) in [6.45, 7) is 4.38. The second kappa shape index (κ2) is 9.05. The number of amides is 1. The van der Waals surface area contributed by atoms with Gasteiger partial charge in [0.15, 0.2) is 11.5 Å². The molecule has 3 rings (SSSR count). The van der Waals surface area contributed by atoms with Crippen molar-refractivity contribution in [3.63, 3.8) is 0 Å². The summed E-state index contributed by atoms with van der Waals surface area (Å²) in [5.41, 5.74) is 4.35. The Morgan fingerprint density at radius 2 is 1.69 bits per heavy atom. The van der Waals surface area contributed by atoms with Gasteiger partial charge in [0.05, 0.1) is 14.2 Å². The van der Waals surface area contributed by atoms with Crippen LogP contribution in [0.1, 0.15) is 27.2 Å². The van der Waals surface area contributed by atoms with Crippen LogP contribution in [0.25, 0.3) is 0 Å². The van der Waals surface area contributed by atoms with E-state index in [9.17, 15) is 4.79 Å². The lowest BCUT2D eigenvalue weighted by molar-refractivity contribution is 0.0945. The minimum Gasteiger partial charge on any atom is -0.493 e. The molecule has 0 bridgehead atoms. The normalized spacial score (nSPS) is 10.3. The van der Waals surface area contributed by atoms with Gasteiger partial charge in [0, 0.05) is 18.3 Å². The topological polar surface area (TPSA) is 85.4 Å². The Balaban J connectivity index is 1.70. The molecule has 0 fully saturated rings. The predicted molar refractivity (Wildman–Crippen MR) is 112 cm³/mol. The van der Waals surface area contributed by atoms with E-state index in [-0.39, 0.29) is 11.6 Å². The van der Waals surface area contributed by atoms with Crippen molar-refractivity contribution in [2.75, 3.05) is 19.5 Å². The van der Waals surface area contributed by atoms with Crippen molar-refractivity contribution < 1.29 is 14.3 Å². The highest BCUT2D eigenvalue weighted by Crippen LogP contribution is 2.27. The van der Waals surface area contributed by atoms with Crippen LogP contribution in [0.5, 0.6) is 11.5 Å². The monoisotopic (exact) mass is 392 g/mol. The van der Waals surface area contributed by atoms with Crippen LogP contribution in [0.2, 0.25) is 0 Å². The van der Waals surface area contributed by atoms with E-state index in [1.165, 1.54) is 6.33 Å². The number of hydrogen-bond donors (Lipinski definition) is 2. The van der Waals surface area contributed by atoms with Crippen molar-refractivity contribution in [3.05, 3.63) is 71.2 Å². The van der Waals surface area contributed by atoms with E-state index in [4.69, 9.17) is 9.47 Å². The van der Waals surface area contributed by atoms with E-state index in [0.717, 1.165) is 22.4 Å². The number of benzene rings is 2. The number of rotatable bonds is 7. The van der Waals surface area contributed by atoms with E-state index in [0.29, 0.717) is 23.9 Å². The minimum atomic E-state index is -0.285. The van der Waals surface area contributed by atoms with E-state index in [1.807, 2.05) is 44.2 Å². The number of para-hydroxylation sites is 1. The van der Waals surface area contributed by atoms with Crippen molar-refractivity contribution in [2.45, 2.75) is 20.4 Å². The first-order valence-electron chi connectivity index (χ1n) is 9.16. The number of ether oxygens (including phenoxy) is 2. The van der Waals surface area contributed by atoms with Crippen LogP contribution >= 0.6 is 0 Å². The summed E-state index contributed by atoms with van der Waals surface area (Å²) in [5.74, 6) is 1.53. The third-order valence-electron chi connectivity index (χ3n) is 4.53. The Labute approximate surface area is 170 Å².